The lowest BCUT2D eigenvalue weighted by Gasteiger charge is -2.10. The fourth-order valence-corrected chi connectivity index (χ4v) is 4.57. The average Bonchev–Trinajstić information content (AvgIpc) is 3.32. The molecule has 7 aromatic rings. The number of aromatic nitrogens is 4. The number of benzene rings is 3. The van der Waals surface area contributed by atoms with E-state index in [0.29, 0.717) is 5.82 Å². The zero-order valence-corrected chi connectivity index (χ0v) is 18.6. The minimum Gasteiger partial charge on any atom is -0.454 e. The number of nitrogens with zero attached hydrogens (tertiary/aromatic N) is 4. The molecule has 0 atom stereocenters. The maximum absolute atomic E-state index is 6.23. The van der Waals surface area contributed by atoms with E-state index in [4.69, 9.17) is 14.4 Å². The molecule has 0 saturated heterocycles. The summed E-state index contributed by atoms with van der Waals surface area (Å²) >= 11 is 0. The Balaban J connectivity index is 1.44. The molecule has 0 amide bonds. The fraction of sp³-hybridized carbons (Fsp3) is 0. The van der Waals surface area contributed by atoms with Gasteiger partial charge in [-0.25, -0.2) is 9.97 Å². The van der Waals surface area contributed by atoms with Gasteiger partial charge in [0.2, 0.25) is 0 Å². The first-order chi connectivity index (χ1) is 17.3. The minimum absolute atomic E-state index is 0.605. The topological polar surface area (TPSA) is 64.7 Å². The first-order valence-corrected chi connectivity index (χ1v) is 11.4. The number of fused-ring (bicyclic) bond motifs is 4. The van der Waals surface area contributed by atoms with Crippen LogP contribution in [-0.4, -0.2) is 19.9 Å². The molecule has 0 aliphatic heterocycles. The molecule has 0 N–H and O–H groups in total. The summed E-state index contributed by atoms with van der Waals surface area (Å²) in [4.78, 5) is 18.8. The molecule has 164 valence electrons. The highest BCUT2D eigenvalue weighted by atomic mass is 16.3. The third-order valence-corrected chi connectivity index (χ3v) is 6.20. The van der Waals surface area contributed by atoms with Gasteiger partial charge in [0.25, 0.3) is 0 Å². The molecule has 5 nitrogen and oxygen atoms in total. The Hall–Kier alpha value is -4.90. The number of hydrogen-bond acceptors (Lipinski definition) is 5. The standard InChI is InChI=1S/C30H18N4O/c1-3-12-24-22(10-1)27(34-30(33-24)25-13-5-6-16-31-25)20-9-7-8-19(18-20)21-15-17-32-28-23-11-2-4-14-26(23)35-29(21)28/h1-18H. The Labute approximate surface area is 200 Å². The van der Waals surface area contributed by atoms with Crippen LogP contribution in [0.25, 0.3) is 66.9 Å². The van der Waals surface area contributed by atoms with Crippen molar-refractivity contribution in [1.82, 2.24) is 19.9 Å². The Morgan fingerprint density at radius 3 is 2.34 bits per heavy atom. The van der Waals surface area contributed by atoms with Gasteiger partial charge in [0.15, 0.2) is 11.4 Å². The summed E-state index contributed by atoms with van der Waals surface area (Å²) in [6.45, 7) is 0. The van der Waals surface area contributed by atoms with Gasteiger partial charge in [0, 0.05) is 34.3 Å². The van der Waals surface area contributed by atoms with Gasteiger partial charge < -0.3 is 4.42 Å². The lowest BCUT2D eigenvalue weighted by molar-refractivity contribution is 0.669. The van der Waals surface area contributed by atoms with Gasteiger partial charge in [-0.2, -0.15) is 0 Å². The first-order valence-electron chi connectivity index (χ1n) is 11.4. The summed E-state index contributed by atoms with van der Waals surface area (Å²) in [6.07, 6.45) is 3.60. The molecule has 0 unspecified atom stereocenters. The van der Waals surface area contributed by atoms with E-state index in [1.165, 1.54) is 0 Å². The van der Waals surface area contributed by atoms with Gasteiger partial charge in [-0.3, -0.25) is 9.97 Å². The van der Waals surface area contributed by atoms with Crippen LogP contribution in [0.15, 0.2) is 114 Å². The van der Waals surface area contributed by atoms with Crippen molar-refractivity contribution >= 4 is 33.0 Å². The summed E-state index contributed by atoms with van der Waals surface area (Å²) in [6, 6.07) is 32.2. The molecule has 0 bridgehead atoms. The molecule has 35 heavy (non-hydrogen) atoms. The second kappa shape index (κ2) is 7.85. The summed E-state index contributed by atoms with van der Waals surface area (Å²) < 4.78 is 6.23. The van der Waals surface area contributed by atoms with Crippen LogP contribution in [0.5, 0.6) is 0 Å². The van der Waals surface area contributed by atoms with Crippen LogP contribution in [-0.2, 0) is 0 Å². The van der Waals surface area contributed by atoms with Crippen molar-refractivity contribution in [2.75, 3.05) is 0 Å². The van der Waals surface area contributed by atoms with Crippen molar-refractivity contribution in [3.63, 3.8) is 0 Å². The van der Waals surface area contributed by atoms with Crippen molar-refractivity contribution in [1.29, 1.82) is 0 Å². The number of hydrogen-bond donors (Lipinski definition) is 0. The second-order valence-electron chi connectivity index (χ2n) is 8.34. The summed E-state index contributed by atoms with van der Waals surface area (Å²) in [5, 5.41) is 2.01. The minimum atomic E-state index is 0.605. The van der Waals surface area contributed by atoms with E-state index in [1.807, 2.05) is 72.9 Å². The van der Waals surface area contributed by atoms with Crippen LogP contribution >= 0.6 is 0 Å². The maximum atomic E-state index is 6.23. The third kappa shape index (κ3) is 3.25. The zero-order chi connectivity index (χ0) is 23.2. The molecule has 7 rings (SSSR count). The highest BCUT2D eigenvalue weighted by molar-refractivity contribution is 6.07. The molecular weight excluding hydrogens is 432 g/mol. The molecule has 0 radical (unpaired) electrons. The molecule has 5 heteroatoms. The SMILES string of the molecule is c1ccc(-c2nc(-c3cccc(-c4ccnc5c4oc4ccccc45)c3)c3ccccc3n2)nc1. The van der Waals surface area contributed by atoms with E-state index in [9.17, 15) is 0 Å². The fourth-order valence-electron chi connectivity index (χ4n) is 4.57. The van der Waals surface area contributed by atoms with Crippen LogP contribution in [0.4, 0.5) is 0 Å². The molecule has 0 saturated carbocycles. The third-order valence-electron chi connectivity index (χ3n) is 6.20. The Morgan fingerprint density at radius 1 is 0.600 bits per heavy atom. The molecule has 4 aromatic heterocycles. The smallest absolute Gasteiger partial charge is 0.179 e. The molecule has 3 aromatic carbocycles. The van der Waals surface area contributed by atoms with Crippen LogP contribution < -0.4 is 0 Å². The normalized spacial score (nSPS) is 11.4. The maximum Gasteiger partial charge on any atom is 0.179 e. The summed E-state index contributed by atoms with van der Waals surface area (Å²) in [7, 11) is 0. The number of para-hydroxylation sites is 2. The van der Waals surface area contributed by atoms with Crippen molar-refractivity contribution in [2.24, 2.45) is 0 Å². The predicted octanol–water partition coefficient (Wildman–Crippen LogP) is 7.32. The van der Waals surface area contributed by atoms with Crippen molar-refractivity contribution in [3.8, 4) is 33.9 Å². The van der Waals surface area contributed by atoms with Crippen molar-refractivity contribution < 1.29 is 4.42 Å². The molecule has 4 heterocycles. The van der Waals surface area contributed by atoms with Crippen LogP contribution in [0.3, 0.4) is 0 Å². The largest absolute Gasteiger partial charge is 0.454 e. The van der Waals surface area contributed by atoms with Gasteiger partial charge >= 0.3 is 0 Å². The molecular formula is C30H18N4O. The zero-order valence-electron chi connectivity index (χ0n) is 18.6. The highest BCUT2D eigenvalue weighted by Gasteiger charge is 2.16. The number of pyridine rings is 2. The van der Waals surface area contributed by atoms with E-state index in [0.717, 1.165) is 61.1 Å². The van der Waals surface area contributed by atoms with E-state index in [2.05, 4.69) is 40.3 Å². The average molecular weight is 451 g/mol. The van der Waals surface area contributed by atoms with E-state index in [-0.39, 0.29) is 0 Å². The lowest BCUT2D eigenvalue weighted by atomic mass is 9.99. The van der Waals surface area contributed by atoms with Gasteiger partial charge in [0.1, 0.15) is 16.8 Å². The van der Waals surface area contributed by atoms with Gasteiger partial charge in [-0.1, -0.05) is 54.6 Å². The predicted molar refractivity (Wildman–Crippen MR) is 139 cm³/mol. The van der Waals surface area contributed by atoms with E-state index < -0.39 is 0 Å². The summed E-state index contributed by atoms with van der Waals surface area (Å²) in [5.74, 6) is 0.605. The quantitative estimate of drug-likeness (QED) is 0.282. The van der Waals surface area contributed by atoms with Crippen molar-refractivity contribution in [3.05, 3.63) is 109 Å². The van der Waals surface area contributed by atoms with Crippen molar-refractivity contribution in [2.45, 2.75) is 0 Å². The van der Waals surface area contributed by atoms with Gasteiger partial charge in [-0.15, -0.1) is 0 Å². The van der Waals surface area contributed by atoms with Gasteiger partial charge in [-0.05, 0) is 48.0 Å². The second-order valence-corrected chi connectivity index (χ2v) is 8.34. The number of furan rings is 1. The molecule has 0 aliphatic carbocycles. The Kier molecular flexibility index (Phi) is 4.39. The lowest BCUT2D eigenvalue weighted by Crippen LogP contribution is -1.96. The monoisotopic (exact) mass is 450 g/mol. The highest BCUT2D eigenvalue weighted by Crippen LogP contribution is 2.36. The van der Waals surface area contributed by atoms with E-state index in [1.54, 1.807) is 6.20 Å². The Bertz CT molecular complexity index is 1860. The molecule has 0 aliphatic rings. The molecule has 0 fully saturated rings. The number of rotatable bonds is 3. The Morgan fingerprint density at radius 2 is 1.43 bits per heavy atom. The van der Waals surface area contributed by atoms with E-state index >= 15 is 0 Å². The van der Waals surface area contributed by atoms with Gasteiger partial charge in [0.05, 0.1) is 11.2 Å². The van der Waals surface area contributed by atoms with Crippen LogP contribution in [0.1, 0.15) is 0 Å². The van der Waals surface area contributed by atoms with Crippen LogP contribution in [0, 0.1) is 0 Å². The summed E-state index contributed by atoms with van der Waals surface area (Å²) in [5.41, 5.74) is 8.02. The first kappa shape index (κ1) is 19.6. The molecule has 0 spiro atoms. The van der Waals surface area contributed by atoms with Crippen LogP contribution in [0.2, 0.25) is 0 Å².